The molecule has 2 amide bonds. The maximum absolute atomic E-state index is 12.5. The largest absolute Gasteiger partial charge is 0.368 e. The fourth-order valence-corrected chi connectivity index (χ4v) is 3.99. The first kappa shape index (κ1) is 15.2. The van der Waals surface area contributed by atoms with E-state index in [9.17, 15) is 9.59 Å². The molecule has 3 heterocycles. The zero-order chi connectivity index (χ0) is 16.4. The van der Waals surface area contributed by atoms with Crippen molar-refractivity contribution in [3.05, 3.63) is 40.1 Å². The minimum absolute atomic E-state index is 0.125. The van der Waals surface area contributed by atoms with Gasteiger partial charge < -0.3 is 15.2 Å². The van der Waals surface area contributed by atoms with Crippen LogP contribution in [0.2, 0.25) is 0 Å². The second-order valence-corrected chi connectivity index (χ2v) is 6.21. The van der Waals surface area contributed by atoms with E-state index >= 15 is 0 Å². The lowest BCUT2D eigenvalue weighted by Gasteiger charge is -2.34. The molecule has 0 aromatic carbocycles. The van der Waals surface area contributed by atoms with Crippen LogP contribution in [0.4, 0.5) is 0 Å². The average Bonchev–Trinajstić information content (AvgIpc) is 3.20. The highest BCUT2D eigenvalue weighted by atomic mass is 32.1. The van der Waals surface area contributed by atoms with Gasteiger partial charge in [-0.05, 0) is 12.0 Å². The van der Waals surface area contributed by atoms with Gasteiger partial charge in [0.15, 0.2) is 0 Å². The zero-order valence-electron chi connectivity index (χ0n) is 12.3. The molecule has 118 valence electrons. The van der Waals surface area contributed by atoms with Crippen LogP contribution in [0.15, 0.2) is 24.1 Å². The van der Waals surface area contributed by atoms with Crippen molar-refractivity contribution in [2.24, 2.45) is 5.73 Å². The van der Waals surface area contributed by atoms with Crippen LogP contribution < -0.4 is 5.73 Å². The summed E-state index contributed by atoms with van der Waals surface area (Å²) in [6, 6.07) is 1.35. The third-order valence-electron chi connectivity index (χ3n) is 3.94. The summed E-state index contributed by atoms with van der Waals surface area (Å²) in [6.45, 7) is 0.899. The summed E-state index contributed by atoms with van der Waals surface area (Å²) in [5, 5.41) is 10.8. The molecule has 1 aliphatic rings. The van der Waals surface area contributed by atoms with Crippen LogP contribution in [0.25, 0.3) is 0 Å². The Morgan fingerprint density at radius 3 is 3.00 bits per heavy atom. The first-order valence-electron chi connectivity index (χ1n) is 7.16. The van der Waals surface area contributed by atoms with Crippen LogP contribution in [0.1, 0.15) is 28.5 Å². The Labute approximate surface area is 136 Å². The molecule has 0 bridgehead atoms. The monoisotopic (exact) mass is 329 g/mol. The summed E-state index contributed by atoms with van der Waals surface area (Å²) in [5.41, 5.74) is 6.95. The molecule has 3 rings (SSSR count). The van der Waals surface area contributed by atoms with E-state index < -0.39 is 11.9 Å². The van der Waals surface area contributed by atoms with Crippen molar-refractivity contribution in [1.82, 2.24) is 14.5 Å². The van der Waals surface area contributed by atoms with Gasteiger partial charge in [-0.25, -0.2) is 4.98 Å². The number of carbonyl (C=O) groups is 2. The highest BCUT2D eigenvalue weighted by molar-refractivity contribution is 7.10. The SMILES string of the molecule is N#Cc1csc2c1CCN(C(=O)CCn1ccnc1)C2C(N)=O. The summed E-state index contributed by atoms with van der Waals surface area (Å²) in [4.78, 5) is 30.6. The van der Waals surface area contributed by atoms with Gasteiger partial charge in [0.2, 0.25) is 11.8 Å². The van der Waals surface area contributed by atoms with Gasteiger partial charge in [0.1, 0.15) is 12.1 Å². The molecule has 8 heteroatoms. The number of thiophene rings is 1. The second-order valence-electron chi connectivity index (χ2n) is 5.30. The molecule has 1 aliphatic heterocycles. The number of rotatable bonds is 4. The predicted molar refractivity (Wildman–Crippen MR) is 83.2 cm³/mol. The maximum atomic E-state index is 12.5. The number of primary amides is 1. The van der Waals surface area contributed by atoms with Crippen LogP contribution in [0.3, 0.4) is 0 Å². The van der Waals surface area contributed by atoms with Gasteiger partial charge in [-0.1, -0.05) is 0 Å². The van der Waals surface area contributed by atoms with Crippen LogP contribution in [-0.2, 0) is 22.6 Å². The van der Waals surface area contributed by atoms with Gasteiger partial charge in [-0.3, -0.25) is 9.59 Å². The fourth-order valence-electron chi connectivity index (χ4n) is 2.82. The van der Waals surface area contributed by atoms with E-state index in [4.69, 9.17) is 11.0 Å². The van der Waals surface area contributed by atoms with E-state index in [2.05, 4.69) is 11.1 Å². The molecular weight excluding hydrogens is 314 g/mol. The van der Waals surface area contributed by atoms with Crippen molar-refractivity contribution in [3.63, 3.8) is 0 Å². The zero-order valence-corrected chi connectivity index (χ0v) is 13.1. The summed E-state index contributed by atoms with van der Waals surface area (Å²) < 4.78 is 1.81. The molecule has 0 spiro atoms. The predicted octanol–water partition coefficient (Wildman–Crippen LogP) is 0.818. The summed E-state index contributed by atoms with van der Waals surface area (Å²) >= 11 is 1.32. The number of aromatic nitrogens is 2. The van der Waals surface area contributed by atoms with Crippen molar-refractivity contribution < 1.29 is 9.59 Å². The third-order valence-corrected chi connectivity index (χ3v) is 5.02. The minimum Gasteiger partial charge on any atom is -0.368 e. The van der Waals surface area contributed by atoms with Gasteiger partial charge >= 0.3 is 0 Å². The lowest BCUT2D eigenvalue weighted by atomic mass is 9.97. The number of carbonyl (C=O) groups excluding carboxylic acids is 2. The number of aryl methyl sites for hydroxylation is 1. The third kappa shape index (κ3) is 2.83. The molecule has 2 aromatic heterocycles. The number of amides is 2. The number of nitriles is 1. The average molecular weight is 329 g/mol. The van der Waals surface area contributed by atoms with Crippen LogP contribution >= 0.6 is 11.3 Å². The van der Waals surface area contributed by atoms with E-state index in [1.807, 2.05) is 4.57 Å². The molecule has 23 heavy (non-hydrogen) atoms. The van der Waals surface area contributed by atoms with Crippen LogP contribution in [0, 0.1) is 11.3 Å². The van der Waals surface area contributed by atoms with Crippen LogP contribution in [0.5, 0.6) is 0 Å². The molecule has 0 saturated carbocycles. The molecular formula is C15H15N5O2S. The number of hydrogen-bond donors (Lipinski definition) is 1. The van der Waals surface area contributed by atoms with E-state index in [1.54, 1.807) is 24.1 Å². The number of hydrogen-bond acceptors (Lipinski definition) is 5. The van der Waals surface area contributed by atoms with Crippen molar-refractivity contribution in [3.8, 4) is 6.07 Å². The summed E-state index contributed by atoms with van der Waals surface area (Å²) in [7, 11) is 0. The first-order valence-corrected chi connectivity index (χ1v) is 8.04. The standard InChI is InChI=1S/C15H15N5O2S/c16-7-10-8-23-14-11(10)1-5-20(13(14)15(17)22)12(21)2-4-19-6-3-18-9-19/h3,6,8-9,13H,1-2,4-5H2,(H2,17,22). The molecule has 1 unspecified atom stereocenters. The van der Waals surface area contributed by atoms with E-state index in [0.717, 1.165) is 10.4 Å². The molecule has 0 aliphatic carbocycles. The first-order chi connectivity index (χ1) is 11.1. The molecule has 0 radical (unpaired) electrons. The molecule has 0 saturated heterocycles. The maximum Gasteiger partial charge on any atom is 0.245 e. The van der Waals surface area contributed by atoms with Gasteiger partial charge in [0.05, 0.1) is 11.9 Å². The molecule has 1 atom stereocenters. The molecule has 2 N–H and O–H groups in total. The minimum atomic E-state index is -0.777. The Balaban J connectivity index is 1.80. The van der Waals surface area contributed by atoms with E-state index in [-0.39, 0.29) is 12.3 Å². The summed E-state index contributed by atoms with van der Waals surface area (Å²) in [5.74, 6) is -0.687. The highest BCUT2D eigenvalue weighted by Gasteiger charge is 2.36. The van der Waals surface area contributed by atoms with Crippen molar-refractivity contribution in [1.29, 1.82) is 5.26 Å². The Kier molecular flexibility index (Phi) is 4.12. The number of nitrogens with two attached hydrogens (primary N) is 1. The Morgan fingerprint density at radius 2 is 2.35 bits per heavy atom. The quantitative estimate of drug-likeness (QED) is 0.896. The van der Waals surface area contributed by atoms with Crippen molar-refractivity contribution >= 4 is 23.2 Å². The lowest BCUT2D eigenvalue weighted by Crippen LogP contribution is -2.45. The Hall–Kier alpha value is -2.66. The number of fused-ring (bicyclic) bond motifs is 1. The van der Waals surface area contributed by atoms with Gasteiger partial charge in [-0.15, -0.1) is 11.3 Å². The summed E-state index contributed by atoms with van der Waals surface area (Å²) in [6.07, 6.45) is 5.92. The topological polar surface area (TPSA) is 105 Å². The Morgan fingerprint density at radius 1 is 1.52 bits per heavy atom. The van der Waals surface area contributed by atoms with E-state index in [0.29, 0.717) is 25.1 Å². The van der Waals surface area contributed by atoms with Crippen molar-refractivity contribution in [2.45, 2.75) is 25.4 Å². The normalized spacial score (nSPS) is 16.7. The fraction of sp³-hybridized carbons (Fsp3) is 0.333. The number of imidazole rings is 1. The second kappa shape index (κ2) is 6.22. The van der Waals surface area contributed by atoms with Crippen LogP contribution in [-0.4, -0.2) is 32.8 Å². The van der Waals surface area contributed by atoms with Gasteiger partial charge in [0.25, 0.3) is 0 Å². The Bertz CT molecular complexity index is 774. The molecule has 2 aromatic rings. The van der Waals surface area contributed by atoms with E-state index in [1.165, 1.54) is 16.2 Å². The van der Waals surface area contributed by atoms with Gasteiger partial charge in [0, 0.05) is 42.2 Å². The smallest absolute Gasteiger partial charge is 0.245 e. The van der Waals surface area contributed by atoms with Gasteiger partial charge in [-0.2, -0.15) is 5.26 Å². The number of nitrogens with zero attached hydrogens (tertiary/aromatic N) is 4. The van der Waals surface area contributed by atoms with Crippen molar-refractivity contribution in [2.75, 3.05) is 6.54 Å². The molecule has 7 nitrogen and oxygen atoms in total. The lowest BCUT2D eigenvalue weighted by molar-refractivity contribution is -0.140. The highest BCUT2D eigenvalue weighted by Crippen LogP contribution is 2.36. The molecule has 0 fully saturated rings.